The lowest BCUT2D eigenvalue weighted by Crippen LogP contribution is -2.12. The van der Waals surface area contributed by atoms with Gasteiger partial charge >= 0.3 is 0 Å². The normalized spacial score (nSPS) is 11.6. The van der Waals surface area contributed by atoms with Gasteiger partial charge in [-0.05, 0) is 62.8 Å². The molecule has 206 valence electrons. The summed E-state index contributed by atoms with van der Waals surface area (Å²) in [6.45, 7) is 0. The van der Waals surface area contributed by atoms with Crippen molar-refractivity contribution in [2.24, 2.45) is 0 Å². The second-order valence-electron chi connectivity index (χ2n) is 11.3. The molecular formula is C42H27NO. The molecule has 1 aromatic heterocycles. The quantitative estimate of drug-likeness (QED) is 0.199. The van der Waals surface area contributed by atoms with Crippen molar-refractivity contribution in [2.75, 3.05) is 4.90 Å². The summed E-state index contributed by atoms with van der Waals surface area (Å²) in [7, 11) is 0. The number of rotatable bonds is 4. The Hall–Kier alpha value is -5.86. The van der Waals surface area contributed by atoms with Gasteiger partial charge in [-0.3, -0.25) is 0 Å². The molecule has 0 radical (unpaired) electrons. The molecule has 0 aliphatic carbocycles. The van der Waals surface area contributed by atoms with Gasteiger partial charge in [0.25, 0.3) is 0 Å². The van der Waals surface area contributed by atoms with E-state index in [0.717, 1.165) is 39.0 Å². The number of fused-ring (bicyclic) bond motifs is 8. The van der Waals surface area contributed by atoms with E-state index in [0.29, 0.717) is 0 Å². The van der Waals surface area contributed by atoms with Gasteiger partial charge in [-0.15, -0.1) is 0 Å². The van der Waals surface area contributed by atoms with Crippen LogP contribution in [0.3, 0.4) is 0 Å². The Balaban J connectivity index is 1.39. The fourth-order valence-electron chi connectivity index (χ4n) is 6.84. The first-order valence-electron chi connectivity index (χ1n) is 15.0. The molecule has 0 spiro atoms. The number of hydrogen-bond acceptors (Lipinski definition) is 2. The zero-order valence-corrected chi connectivity index (χ0v) is 23.9. The molecule has 0 fully saturated rings. The molecule has 44 heavy (non-hydrogen) atoms. The Morgan fingerprint density at radius 2 is 1.05 bits per heavy atom. The van der Waals surface area contributed by atoms with Crippen molar-refractivity contribution in [3.8, 4) is 11.1 Å². The number of nitrogens with zero attached hydrogens (tertiary/aromatic N) is 1. The largest absolute Gasteiger partial charge is 0.456 e. The smallest absolute Gasteiger partial charge is 0.137 e. The lowest BCUT2D eigenvalue weighted by atomic mass is 9.94. The van der Waals surface area contributed by atoms with Crippen LogP contribution in [0.5, 0.6) is 0 Å². The van der Waals surface area contributed by atoms with E-state index in [9.17, 15) is 0 Å². The van der Waals surface area contributed by atoms with Crippen molar-refractivity contribution >= 4 is 71.3 Å². The first kappa shape index (κ1) is 24.7. The van der Waals surface area contributed by atoms with Gasteiger partial charge in [0.2, 0.25) is 0 Å². The topological polar surface area (TPSA) is 16.4 Å². The Morgan fingerprint density at radius 1 is 0.386 bits per heavy atom. The number of hydrogen-bond donors (Lipinski definition) is 0. The van der Waals surface area contributed by atoms with Gasteiger partial charge < -0.3 is 9.32 Å². The summed E-state index contributed by atoms with van der Waals surface area (Å²) in [4.78, 5) is 2.41. The van der Waals surface area contributed by atoms with E-state index in [1.54, 1.807) is 0 Å². The number of para-hydroxylation sites is 2. The van der Waals surface area contributed by atoms with Crippen LogP contribution in [-0.4, -0.2) is 0 Å². The van der Waals surface area contributed by atoms with Gasteiger partial charge in [-0.1, -0.05) is 127 Å². The van der Waals surface area contributed by atoms with Crippen molar-refractivity contribution in [3.63, 3.8) is 0 Å². The molecule has 0 bridgehead atoms. The average molecular weight is 562 g/mol. The van der Waals surface area contributed by atoms with E-state index in [-0.39, 0.29) is 0 Å². The monoisotopic (exact) mass is 561 g/mol. The summed E-state index contributed by atoms with van der Waals surface area (Å²) in [5.74, 6) is 0. The molecule has 0 atom stereocenters. The van der Waals surface area contributed by atoms with E-state index in [1.165, 1.54) is 43.4 Å². The maximum Gasteiger partial charge on any atom is 0.137 e. The minimum atomic E-state index is 0.877. The third kappa shape index (κ3) is 3.82. The maximum absolute atomic E-state index is 6.41. The number of furan rings is 1. The standard InChI is InChI=1S/C42H27NO/c1-2-12-28(13-3-1)32-15-8-10-20-38(32)43(31-24-25-36-35-18-9-11-21-40(35)44-41(36)27-31)39-26-30-23-22-29-14-4-5-16-33(29)42(30)37-19-7-6-17-34(37)39/h1-27H. The zero-order chi connectivity index (χ0) is 29.0. The second-order valence-corrected chi connectivity index (χ2v) is 11.3. The molecule has 8 aromatic carbocycles. The van der Waals surface area contributed by atoms with E-state index in [1.807, 2.05) is 12.1 Å². The lowest BCUT2D eigenvalue weighted by molar-refractivity contribution is 0.669. The first-order valence-corrected chi connectivity index (χ1v) is 15.0. The highest BCUT2D eigenvalue weighted by atomic mass is 16.3. The third-order valence-electron chi connectivity index (χ3n) is 8.82. The molecule has 0 saturated heterocycles. The van der Waals surface area contributed by atoms with Crippen LogP contribution in [0.25, 0.3) is 65.4 Å². The molecule has 0 unspecified atom stereocenters. The van der Waals surface area contributed by atoms with E-state index in [2.05, 4.69) is 157 Å². The molecule has 9 rings (SSSR count). The summed E-state index contributed by atoms with van der Waals surface area (Å²) in [5.41, 5.74) is 7.40. The van der Waals surface area contributed by atoms with E-state index >= 15 is 0 Å². The Labute approximate surface area is 255 Å². The minimum Gasteiger partial charge on any atom is -0.456 e. The highest BCUT2D eigenvalue weighted by Crippen LogP contribution is 2.47. The average Bonchev–Trinajstić information content (AvgIpc) is 3.47. The van der Waals surface area contributed by atoms with Crippen LogP contribution in [0.4, 0.5) is 17.1 Å². The highest BCUT2D eigenvalue weighted by molar-refractivity contribution is 6.24. The predicted octanol–water partition coefficient (Wildman–Crippen LogP) is 12.2. The summed E-state index contributed by atoms with van der Waals surface area (Å²) < 4.78 is 6.41. The van der Waals surface area contributed by atoms with Crippen molar-refractivity contribution in [3.05, 3.63) is 164 Å². The summed E-state index contributed by atoms with van der Waals surface area (Å²) in [6.07, 6.45) is 0. The summed E-state index contributed by atoms with van der Waals surface area (Å²) in [5, 5.41) is 9.71. The SMILES string of the molecule is c1ccc(-c2ccccc2N(c2ccc3c(c2)oc2ccccc23)c2cc3ccc4ccccc4c3c3ccccc23)cc1. The molecule has 0 aliphatic heterocycles. The first-order chi connectivity index (χ1) is 21.8. The van der Waals surface area contributed by atoms with Gasteiger partial charge in [0, 0.05) is 33.5 Å². The molecule has 2 nitrogen and oxygen atoms in total. The molecule has 0 N–H and O–H groups in total. The van der Waals surface area contributed by atoms with Crippen LogP contribution in [0.2, 0.25) is 0 Å². The lowest BCUT2D eigenvalue weighted by Gasteiger charge is -2.29. The predicted molar refractivity (Wildman–Crippen MR) is 186 cm³/mol. The Bertz CT molecular complexity index is 2510. The van der Waals surface area contributed by atoms with Crippen molar-refractivity contribution < 1.29 is 4.42 Å². The number of anilines is 3. The van der Waals surface area contributed by atoms with Gasteiger partial charge in [0.1, 0.15) is 11.2 Å². The summed E-state index contributed by atoms with van der Waals surface area (Å²) >= 11 is 0. The van der Waals surface area contributed by atoms with Crippen LogP contribution in [0.15, 0.2) is 168 Å². The van der Waals surface area contributed by atoms with E-state index < -0.39 is 0 Å². The van der Waals surface area contributed by atoms with Crippen molar-refractivity contribution in [1.29, 1.82) is 0 Å². The molecule has 0 amide bonds. The molecule has 0 aliphatic rings. The zero-order valence-electron chi connectivity index (χ0n) is 23.9. The highest BCUT2D eigenvalue weighted by Gasteiger charge is 2.22. The maximum atomic E-state index is 6.41. The van der Waals surface area contributed by atoms with Gasteiger partial charge in [-0.25, -0.2) is 0 Å². The van der Waals surface area contributed by atoms with Gasteiger partial charge in [-0.2, -0.15) is 0 Å². The fourth-order valence-corrected chi connectivity index (χ4v) is 6.84. The van der Waals surface area contributed by atoms with Crippen LogP contribution in [0, 0.1) is 0 Å². The van der Waals surface area contributed by atoms with Gasteiger partial charge in [0.15, 0.2) is 0 Å². The van der Waals surface area contributed by atoms with Crippen molar-refractivity contribution in [2.45, 2.75) is 0 Å². The Kier molecular flexibility index (Phi) is 5.54. The van der Waals surface area contributed by atoms with Crippen LogP contribution in [0.1, 0.15) is 0 Å². The fraction of sp³-hybridized carbons (Fsp3) is 0. The molecule has 9 aromatic rings. The van der Waals surface area contributed by atoms with Crippen molar-refractivity contribution in [1.82, 2.24) is 0 Å². The van der Waals surface area contributed by atoms with E-state index in [4.69, 9.17) is 4.42 Å². The molecule has 1 heterocycles. The second kappa shape index (κ2) is 9.86. The molecular weight excluding hydrogens is 534 g/mol. The Morgan fingerprint density at radius 3 is 1.93 bits per heavy atom. The van der Waals surface area contributed by atoms with Crippen LogP contribution in [-0.2, 0) is 0 Å². The van der Waals surface area contributed by atoms with Crippen LogP contribution >= 0.6 is 0 Å². The summed E-state index contributed by atoms with van der Waals surface area (Å²) in [6, 6.07) is 58.6. The van der Waals surface area contributed by atoms with Crippen LogP contribution < -0.4 is 4.90 Å². The van der Waals surface area contributed by atoms with Gasteiger partial charge in [0.05, 0.1) is 11.4 Å². The minimum absolute atomic E-state index is 0.877. The third-order valence-corrected chi connectivity index (χ3v) is 8.82. The molecule has 2 heteroatoms. The molecule has 0 saturated carbocycles. The number of benzene rings is 8.